The van der Waals surface area contributed by atoms with E-state index >= 15 is 0 Å². The Labute approximate surface area is 110 Å². The smallest absolute Gasteiger partial charge is 0.450 e. The van der Waals surface area contributed by atoms with Crippen molar-refractivity contribution in [2.75, 3.05) is 0 Å². The summed E-state index contributed by atoms with van der Waals surface area (Å²) in [6.07, 6.45) is 9.43. The van der Waals surface area contributed by atoms with E-state index in [-0.39, 0.29) is 0 Å². The van der Waals surface area contributed by atoms with Crippen molar-refractivity contribution in [2.45, 2.75) is 12.8 Å². The molecule has 0 aromatic heterocycles. The zero-order valence-corrected chi connectivity index (χ0v) is 10.5. The minimum atomic E-state index is -3.96. The van der Waals surface area contributed by atoms with Crippen LogP contribution in [0.5, 0.6) is 0 Å². The van der Waals surface area contributed by atoms with Gasteiger partial charge in [0.1, 0.15) is 11.5 Å². The summed E-state index contributed by atoms with van der Waals surface area (Å²) in [5, 5.41) is 13.9. The first kappa shape index (κ1) is 14.8. The van der Waals surface area contributed by atoms with Crippen LogP contribution in [0.4, 0.5) is 4.79 Å². The molecular formula is C11H12O7S. The van der Waals surface area contributed by atoms with Gasteiger partial charge in [-0.3, -0.25) is 0 Å². The highest BCUT2D eigenvalue weighted by Crippen LogP contribution is 2.20. The maximum absolute atomic E-state index is 11.4. The van der Waals surface area contributed by atoms with Crippen molar-refractivity contribution in [3.63, 3.8) is 0 Å². The van der Waals surface area contributed by atoms with Crippen LogP contribution in [-0.4, -0.2) is 24.8 Å². The fraction of sp³-hybridized carbons (Fsp3) is 0.182. The van der Waals surface area contributed by atoms with E-state index in [4.69, 9.17) is 23.4 Å². The molecule has 2 N–H and O–H groups in total. The van der Waals surface area contributed by atoms with Gasteiger partial charge >= 0.3 is 16.6 Å². The average molecular weight is 288 g/mol. The quantitative estimate of drug-likeness (QED) is 0.815. The van der Waals surface area contributed by atoms with Crippen molar-refractivity contribution < 1.29 is 31.8 Å². The second-order valence-corrected chi connectivity index (χ2v) is 4.54. The third-order valence-electron chi connectivity index (χ3n) is 1.89. The van der Waals surface area contributed by atoms with E-state index in [1.165, 1.54) is 0 Å². The highest BCUT2D eigenvalue weighted by Gasteiger charge is 2.19. The Morgan fingerprint density at radius 3 is 1.63 bits per heavy atom. The van der Waals surface area contributed by atoms with Gasteiger partial charge < -0.3 is 18.6 Å². The van der Waals surface area contributed by atoms with Gasteiger partial charge in [-0.05, 0) is 12.2 Å². The number of rotatable bonds is 4. The second kappa shape index (κ2) is 6.64. The highest BCUT2D eigenvalue weighted by molar-refractivity contribution is 7.82. The molecule has 0 radical (unpaired) electrons. The van der Waals surface area contributed by atoms with Gasteiger partial charge in [0, 0.05) is 12.8 Å². The predicted molar refractivity (Wildman–Crippen MR) is 65.4 cm³/mol. The van der Waals surface area contributed by atoms with Crippen LogP contribution in [0.3, 0.4) is 0 Å². The van der Waals surface area contributed by atoms with Gasteiger partial charge in [0.15, 0.2) is 0 Å². The van der Waals surface area contributed by atoms with Crippen LogP contribution < -0.4 is 0 Å². The Morgan fingerprint density at radius 1 is 1.00 bits per heavy atom. The lowest BCUT2D eigenvalue weighted by Crippen LogP contribution is -2.08. The van der Waals surface area contributed by atoms with E-state index in [1.54, 1.807) is 36.5 Å². The summed E-state index contributed by atoms with van der Waals surface area (Å²) in [6, 6.07) is 0. The summed E-state index contributed by atoms with van der Waals surface area (Å²) < 4.78 is 32.2. The Balaban J connectivity index is 0.000000399. The maximum atomic E-state index is 11.4. The number of hydrogen-bond acceptors (Lipinski definition) is 5. The van der Waals surface area contributed by atoms with Crippen LogP contribution in [0, 0.1) is 0 Å². The van der Waals surface area contributed by atoms with E-state index in [9.17, 15) is 8.42 Å². The lowest BCUT2D eigenvalue weighted by atomic mass is 10.4. The van der Waals surface area contributed by atoms with Crippen LogP contribution in [0.15, 0.2) is 48.0 Å². The molecule has 0 amide bonds. The third-order valence-corrected chi connectivity index (χ3v) is 2.73. The standard InChI is InChI=1S/C10H10O4S.CH2O3/c11-15(12,13-9-5-1-2-6-9)14-10-7-3-4-8-10;2-1(3)4/h1-5,7H,6,8H2;(H2,2,3,4). The molecular weight excluding hydrogens is 276 g/mol. The molecule has 0 aliphatic heterocycles. The van der Waals surface area contributed by atoms with Crippen molar-refractivity contribution in [3.8, 4) is 0 Å². The third kappa shape index (κ3) is 6.32. The van der Waals surface area contributed by atoms with Crippen LogP contribution in [0.25, 0.3) is 0 Å². The fourth-order valence-electron chi connectivity index (χ4n) is 1.26. The van der Waals surface area contributed by atoms with Crippen molar-refractivity contribution >= 4 is 16.6 Å². The largest absolute Gasteiger partial charge is 0.503 e. The average Bonchev–Trinajstić information content (AvgIpc) is 2.88. The van der Waals surface area contributed by atoms with Crippen molar-refractivity contribution in [1.82, 2.24) is 0 Å². The molecule has 104 valence electrons. The molecule has 0 saturated heterocycles. The molecule has 8 heteroatoms. The van der Waals surface area contributed by atoms with Crippen molar-refractivity contribution in [3.05, 3.63) is 48.0 Å². The number of carbonyl (C=O) groups is 1. The van der Waals surface area contributed by atoms with Crippen LogP contribution >= 0.6 is 0 Å². The Morgan fingerprint density at radius 2 is 1.37 bits per heavy atom. The molecule has 0 unspecified atom stereocenters. The summed E-state index contributed by atoms with van der Waals surface area (Å²) in [5.74, 6) is 0.753. The molecule has 7 nitrogen and oxygen atoms in total. The second-order valence-electron chi connectivity index (χ2n) is 3.39. The topological polar surface area (TPSA) is 110 Å². The van der Waals surface area contributed by atoms with Gasteiger partial charge in [0.2, 0.25) is 0 Å². The first-order valence-electron chi connectivity index (χ1n) is 5.16. The molecule has 0 aromatic rings. The van der Waals surface area contributed by atoms with Crippen LogP contribution in [0.1, 0.15) is 12.8 Å². The molecule has 0 saturated carbocycles. The molecule has 0 bridgehead atoms. The summed E-state index contributed by atoms with van der Waals surface area (Å²) in [4.78, 5) is 8.56. The highest BCUT2D eigenvalue weighted by atomic mass is 32.3. The zero-order valence-electron chi connectivity index (χ0n) is 9.72. The van der Waals surface area contributed by atoms with Crippen LogP contribution in [-0.2, 0) is 18.8 Å². The minimum Gasteiger partial charge on any atom is -0.450 e. The van der Waals surface area contributed by atoms with Gasteiger partial charge in [0.25, 0.3) is 0 Å². The number of carboxylic acid groups (broad SMARTS) is 2. The van der Waals surface area contributed by atoms with E-state index in [0.29, 0.717) is 24.4 Å². The van der Waals surface area contributed by atoms with Gasteiger partial charge in [0.05, 0.1) is 0 Å². The molecule has 19 heavy (non-hydrogen) atoms. The monoisotopic (exact) mass is 288 g/mol. The SMILES string of the molecule is O=C(O)O.O=S(=O)(OC1=CC=CC1)OC1=CC=CC1. The fourth-order valence-corrected chi connectivity index (χ4v) is 2.06. The molecule has 2 aliphatic rings. The van der Waals surface area contributed by atoms with Crippen molar-refractivity contribution in [2.24, 2.45) is 0 Å². The first-order chi connectivity index (χ1) is 8.89. The molecule has 2 aliphatic carbocycles. The lowest BCUT2D eigenvalue weighted by Gasteiger charge is -2.08. The van der Waals surface area contributed by atoms with E-state index in [1.807, 2.05) is 0 Å². The summed E-state index contributed by atoms with van der Waals surface area (Å²) in [7, 11) is -3.96. The summed E-state index contributed by atoms with van der Waals surface area (Å²) >= 11 is 0. The Kier molecular flexibility index (Phi) is 5.19. The van der Waals surface area contributed by atoms with E-state index in [0.717, 1.165) is 0 Å². The number of allylic oxidation sites excluding steroid dienone is 6. The van der Waals surface area contributed by atoms with E-state index in [2.05, 4.69) is 0 Å². The molecule has 2 rings (SSSR count). The molecule has 0 heterocycles. The maximum Gasteiger partial charge on any atom is 0.503 e. The van der Waals surface area contributed by atoms with Gasteiger partial charge in [-0.25, -0.2) is 4.79 Å². The molecule has 0 aromatic carbocycles. The van der Waals surface area contributed by atoms with Gasteiger partial charge in [-0.2, -0.15) is 0 Å². The minimum absolute atomic E-state index is 0.376. The Bertz CT molecular complexity index is 510. The lowest BCUT2D eigenvalue weighted by molar-refractivity contribution is 0.137. The molecule has 0 fully saturated rings. The predicted octanol–water partition coefficient (Wildman–Crippen LogP) is 2.17. The van der Waals surface area contributed by atoms with E-state index < -0.39 is 16.6 Å². The summed E-state index contributed by atoms with van der Waals surface area (Å²) in [5.41, 5.74) is 0. The normalized spacial score (nSPS) is 16.2. The van der Waals surface area contributed by atoms with Crippen molar-refractivity contribution in [1.29, 1.82) is 0 Å². The van der Waals surface area contributed by atoms with Gasteiger partial charge in [-0.15, -0.1) is 8.42 Å². The number of hydrogen-bond donors (Lipinski definition) is 2. The zero-order chi connectivity index (χ0) is 14.3. The Hall–Kier alpha value is -2.22. The van der Waals surface area contributed by atoms with Gasteiger partial charge in [-0.1, -0.05) is 24.3 Å². The molecule has 0 atom stereocenters. The van der Waals surface area contributed by atoms with Crippen LogP contribution in [0.2, 0.25) is 0 Å². The first-order valence-corrected chi connectivity index (χ1v) is 6.49. The molecule has 0 spiro atoms. The summed E-state index contributed by atoms with van der Waals surface area (Å²) in [6.45, 7) is 0.